The summed E-state index contributed by atoms with van der Waals surface area (Å²) < 4.78 is 10.6. The van der Waals surface area contributed by atoms with E-state index in [9.17, 15) is 4.79 Å². The zero-order chi connectivity index (χ0) is 12.8. The highest BCUT2D eigenvalue weighted by atomic mass is 16.5. The van der Waals surface area contributed by atoms with Crippen LogP contribution < -0.4 is 15.2 Å². The minimum absolute atomic E-state index is 0.422. The summed E-state index contributed by atoms with van der Waals surface area (Å²) in [5, 5.41) is 8.93. The van der Waals surface area contributed by atoms with Crippen molar-refractivity contribution in [2.75, 3.05) is 13.2 Å². The number of hydrogen-bond donors (Lipinski definition) is 2. The summed E-state index contributed by atoms with van der Waals surface area (Å²) >= 11 is 0. The average molecular weight is 239 g/mol. The maximum absolute atomic E-state index is 10.9. The lowest BCUT2D eigenvalue weighted by atomic mass is 10.1. The molecule has 5 heteroatoms. The number of rotatable bonds is 6. The van der Waals surface area contributed by atoms with Crippen LogP contribution in [0.25, 0.3) is 0 Å². The van der Waals surface area contributed by atoms with Gasteiger partial charge in [0.15, 0.2) is 0 Å². The molecule has 0 saturated carbocycles. The third kappa shape index (κ3) is 3.35. The Morgan fingerprint density at radius 1 is 1.35 bits per heavy atom. The van der Waals surface area contributed by atoms with Crippen LogP contribution in [0.3, 0.4) is 0 Å². The lowest BCUT2D eigenvalue weighted by Gasteiger charge is -2.15. The average Bonchev–Trinajstić information content (AvgIpc) is 2.30. The van der Waals surface area contributed by atoms with Crippen molar-refractivity contribution in [2.24, 2.45) is 5.73 Å². The van der Waals surface area contributed by atoms with Crippen molar-refractivity contribution in [1.82, 2.24) is 0 Å². The van der Waals surface area contributed by atoms with Gasteiger partial charge in [0.25, 0.3) is 0 Å². The van der Waals surface area contributed by atoms with Gasteiger partial charge in [-0.15, -0.1) is 0 Å². The highest BCUT2D eigenvalue weighted by Crippen LogP contribution is 2.28. The number of carboxylic acid groups (broad SMARTS) is 1. The summed E-state index contributed by atoms with van der Waals surface area (Å²) in [6, 6.07) is 3.89. The molecular weight excluding hydrogens is 222 g/mol. The molecule has 0 aromatic heterocycles. The number of benzene rings is 1. The summed E-state index contributed by atoms with van der Waals surface area (Å²) in [6.07, 6.45) is 0. The van der Waals surface area contributed by atoms with Crippen molar-refractivity contribution in [3.05, 3.63) is 23.8 Å². The second-order valence-electron chi connectivity index (χ2n) is 3.38. The fourth-order valence-corrected chi connectivity index (χ4v) is 1.45. The molecule has 0 unspecified atom stereocenters. The first-order valence-corrected chi connectivity index (χ1v) is 5.48. The molecule has 17 heavy (non-hydrogen) atoms. The minimum Gasteiger partial charge on any atom is -0.494 e. The van der Waals surface area contributed by atoms with Gasteiger partial charge in [-0.3, -0.25) is 4.79 Å². The molecule has 0 aliphatic carbocycles. The van der Waals surface area contributed by atoms with E-state index in [2.05, 4.69) is 0 Å². The maximum atomic E-state index is 10.9. The first-order chi connectivity index (χ1) is 8.10. The highest BCUT2D eigenvalue weighted by molar-refractivity contribution is 5.76. The van der Waals surface area contributed by atoms with E-state index >= 15 is 0 Å². The van der Waals surface area contributed by atoms with E-state index in [-0.39, 0.29) is 0 Å². The minimum atomic E-state index is -1.11. The van der Waals surface area contributed by atoms with Crippen LogP contribution in [0.15, 0.2) is 18.2 Å². The van der Waals surface area contributed by atoms with Crippen LogP contribution in [0.4, 0.5) is 0 Å². The molecular formula is C12H17NO4. The van der Waals surface area contributed by atoms with E-state index in [1.165, 1.54) is 0 Å². The predicted molar refractivity (Wildman–Crippen MR) is 63.3 cm³/mol. The molecule has 1 rings (SSSR count). The smallest absolute Gasteiger partial charge is 0.325 e. The van der Waals surface area contributed by atoms with Crippen LogP contribution in [0.5, 0.6) is 11.5 Å². The van der Waals surface area contributed by atoms with Gasteiger partial charge in [0.2, 0.25) is 0 Å². The van der Waals surface area contributed by atoms with Gasteiger partial charge in [0.05, 0.1) is 13.2 Å². The molecule has 0 aliphatic rings. The first kappa shape index (κ1) is 13.3. The van der Waals surface area contributed by atoms with Crippen LogP contribution in [0.1, 0.15) is 25.5 Å². The number of nitrogens with two attached hydrogens (primary N) is 1. The molecule has 5 nitrogen and oxygen atoms in total. The van der Waals surface area contributed by atoms with Gasteiger partial charge < -0.3 is 20.3 Å². The molecule has 0 spiro atoms. The summed E-state index contributed by atoms with van der Waals surface area (Å²) in [5.41, 5.74) is 6.02. The third-order valence-electron chi connectivity index (χ3n) is 2.19. The monoisotopic (exact) mass is 239 g/mol. The van der Waals surface area contributed by atoms with E-state index < -0.39 is 12.0 Å². The van der Waals surface area contributed by atoms with Crippen molar-refractivity contribution in [3.8, 4) is 11.5 Å². The van der Waals surface area contributed by atoms with E-state index in [0.717, 1.165) is 0 Å². The quantitative estimate of drug-likeness (QED) is 0.787. The number of ether oxygens (including phenoxy) is 2. The standard InChI is InChI=1S/C12H17NO4/c1-3-16-8-5-6-10(17-4-2)9(7-8)11(13)12(14)15/h5-7,11H,3-4,13H2,1-2H3,(H,14,15)/t11-/m0/s1. The molecule has 0 bridgehead atoms. The Morgan fingerprint density at radius 3 is 2.53 bits per heavy atom. The topological polar surface area (TPSA) is 81.8 Å². The number of aliphatic carboxylic acids is 1. The summed E-state index contributed by atoms with van der Waals surface area (Å²) in [5.74, 6) is -0.0342. The van der Waals surface area contributed by atoms with Crippen LogP contribution in [-0.4, -0.2) is 24.3 Å². The van der Waals surface area contributed by atoms with Crippen molar-refractivity contribution in [3.63, 3.8) is 0 Å². The fourth-order valence-electron chi connectivity index (χ4n) is 1.45. The van der Waals surface area contributed by atoms with Crippen LogP contribution >= 0.6 is 0 Å². The van der Waals surface area contributed by atoms with Gasteiger partial charge in [-0.05, 0) is 32.0 Å². The highest BCUT2D eigenvalue weighted by Gasteiger charge is 2.19. The first-order valence-electron chi connectivity index (χ1n) is 5.48. The molecule has 1 aromatic carbocycles. The van der Waals surface area contributed by atoms with Crippen molar-refractivity contribution in [2.45, 2.75) is 19.9 Å². The van der Waals surface area contributed by atoms with Gasteiger partial charge in [-0.25, -0.2) is 0 Å². The van der Waals surface area contributed by atoms with Crippen molar-refractivity contribution in [1.29, 1.82) is 0 Å². The Labute approximate surface area is 100 Å². The SMILES string of the molecule is CCOc1ccc(OCC)c([C@H](N)C(=O)O)c1. The molecule has 1 aromatic rings. The second kappa shape index (κ2) is 6.10. The zero-order valence-corrected chi connectivity index (χ0v) is 9.97. The van der Waals surface area contributed by atoms with Gasteiger partial charge in [-0.1, -0.05) is 0 Å². The number of carbonyl (C=O) groups is 1. The fraction of sp³-hybridized carbons (Fsp3) is 0.417. The predicted octanol–water partition coefficient (Wildman–Crippen LogP) is 1.57. The third-order valence-corrected chi connectivity index (χ3v) is 2.19. The van der Waals surface area contributed by atoms with Gasteiger partial charge >= 0.3 is 5.97 Å². The van der Waals surface area contributed by atoms with Gasteiger partial charge in [0, 0.05) is 5.56 Å². The summed E-state index contributed by atoms with van der Waals surface area (Å²) in [7, 11) is 0. The van der Waals surface area contributed by atoms with Gasteiger partial charge in [0.1, 0.15) is 17.5 Å². The molecule has 0 heterocycles. The lowest BCUT2D eigenvalue weighted by molar-refractivity contribution is -0.138. The largest absolute Gasteiger partial charge is 0.494 e. The number of hydrogen-bond acceptors (Lipinski definition) is 4. The second-order valence-corrected chi connectivity index (χ2v) is 3.38. The van der Waals surface area contributed by atoms with E-state index in [0.29, 0.717) is 30.3 Å². The molecule has 94 valence electrons. The van der Waals surface area contributed by atoms with Crippen LogP contribution in [0, 0.1) is 0 Å². The Kier molecular flexibility index (Phi) is 4.78. The molecule has 0 aliphatic heterocycles. The van der Waals surface area contributed by atoms with Crippen LogP contribution in [-0.2, 0) is 4.79 Å². The zero-order valence-electron chi connectivity index (χ0n) is 9.97. The summed E-state index contributed by atoms with van der Waals surface area (Å²) in [4.78, 5) is 10.9. The van der Waals surface area contributed by atoms with Crippen LogP contribution in [0.2, 0.25) is 0 Å². The Balaban J connectivity index is 3.10. The Morgan fingerprint density at radius 2 is 2.00 bits per heavy atom. The molecule has 0 saturated heterocycles. The normalized spacial score (nSPS) is 11.9. The molecule has 3 N–H and O–H groups in total. The molecule has 0 radical (unpaired) electrons. The number of carboxylic acids is 1. The van der Waals surface area contributed by atoms with Crippen molar-refractivity contribution >= 4 is 5.97 Å². The van der Waals surface area contributed by atoms with E-state index in [4.69, 9.17) is 20.3 Å². The van der Waals surface area contributed by atoms with Crippen molar-refractivity contribution < 1.29 is 19.4 Å². The maximum Gasteiger partial charge on any atom is 0.325 e. The molecule has 0 amide bonds. The molecule has 1 atom stereocenters. The lowest BCUT2D eigenvalue weighted by Crippen LogP contribution is -2.21. The van der Waals surface area contributed by atoms with E-state index in [1.54, 1.807) is 18.2 Å². The van der Waals surface area contributed by atoms with Gasteiger partial charge in [-0.2, -0.15) is 0 Å². The summed E-state index contributed by atoms with van der Waals surface area (Å²) in [6.45, 7) is 4.64. The Bertz CT molecular complexity index is 392. The van der Waals surface area contributed by atoms with E-state index in [1.807, 2.05) is 13.8 Å². The Hall–Kier alpha value is -1.75. The molecule has 0 fully saturated rings.